The molecule has 0 aromatic rings. The third-order valence-electron chi connectivity index (χ3n) is 10.1. The van der Waals surface area contributed by atoms with Gasteiger partial charge in [-0.1, -0.05) is 0 Å². The smallest absolute Gasteiger partial charge is 0.187 e. The van der Waals surface area contributed by atoms with Crippen LogP contribution in [0, 0.1) is 0 Å². The van der Waals surface area contributed by atoms with E-state index in [1.807, 2.05) is 0 Å². The summed E-state index contributed by atoms with van der Waals surface area (Å²) in [5.41, 5.74) is 0. The Labute approximate surface area is 301 Å². The lowest BCUT2D eigenvalue weighted by Gasteiger charge is -2.50. The van der Waals surface area contributed by atoms with E-state index >= 15 is 0 Å². The van der Waals surface area contributed by atoms with Crippen LogP contribution in [0.3, 0.4) is 0 Å². The SMILES string of the molecule is C[C@@H]1O[C@H](O[C@@H]2[C@@H](O[C@@H]3[C@@H](O[C@@H]4[C@@H](O)[C@H](O)O[C@H](CO)[C@@H]4O)O[C@H](CO)[C@@H](O)[C@@H]3O)O[C@H](CO)[C@@H](O)[C@@H]2O)[C@H](O)[C@H](O[C@H]2O[C@H](C)[C@@H](O)C[C@H]2O)[C@H]1O. The molecule has 5 aliphatic heterocycles. The Morgan fingerprint density at radius 1 is 0.396 bits per heavy atom. The van der Waals surface area contributed by atoms with Crippen LogP contribution in [0.2, 0.25) is 0 Å². The molecule has 0 spiro atoms. The van der Waals surface area contributed by atoms with Crippen molar-refractivity contribution in [1.29, 1.82) is 0 Å². The lowest BCUT2D eigenvalue weighted by molar-refractivity contribution is -0.405. The molecule has 0 bridgehead atoms. The van der Waals surface area contributed by atoms with Gasteiger partial charge in [0.15, 0.2) is 31.5 Å². The Morgan fingerprint density at radius 2 is 0.830 bits per heavy atom. The summed E-state index contributed by atoms with van der Waals surface area (Å²) in [6.45, 7) is 0.274. The molecule has 5 heterocycles. The van der Waals surface area contributed by atoms with Crippen LogP contribution < -0.4 is 0 Å². The minimum atomic E-state index is -2.04. The maximum Gasteiger partial charge on any atom is 0.187 e. The minimum Gasteiger partial charge on any atom is -0.394 e. The molecule has 5 saturated heterocycles. The van der Waals surface area contributed by atoms with Gasteiger partial charge in [-0.2, -0.15) is 0 Å². The lowest BCUT2D eigenvalue weighted by Crippen LogP contribution is -2.68. The molecule has 0 amide bonds. The molecule has 0 radical (unpaired) electrons. The fourth-order valence-corrected chi connectivity index (χ4v) is 6.80. The second-order valence-electron chi connectivity index (χ2n) is 13.8. The summed E-state index contributed by atoms with van der Waals surface area (Å²) in [6, 6.07) is 0. The highest BCUT2D eigenvalue weighted by Crippen LogP contribution is 2.36. The van der Waals surface area contributed by atoms with Gasteiger partial charge in [-0.3, -0.25) is 0 Å². The van der Waals surface area contributed by atoms with Gasteiger partial charge in [0.1, 0.15) is 97.7 Å². The van der Waals surface area contributed by atoms with Gasteiger partial charge < -0.3 is 114 Å². The van der Waals surface area contributed by atoms with Crippen molar-refractivity contribution >= 4 is 0 Å². The van der Waals surface area contributed by atoms with Crippen molar-refractivity contribution in [1.82, 2.24) is 0 Å². The molecule has 23 nitrogen and oxygen atoms in total. The van der Waals surface area contributed by atoms with E-state index in [1.54, 1.807) is 0 Å². The largest absolute Gasteiger partial charge is 0.394 e. The van der Waals surface area contributed by atoms with E-state index in [0.717, 1.165) is 0 Å². The molecule has 310 valence electrons. The second-order valence-corrected chi connectivity index (χ2v) is 13.8. The molecule has 0 aromatic carbocycles. The van der Waals surface area contributed by atoms with Crippen LogP contribution in [0.25, 0.3) is 0 Å². The van der Waals surface area contributed by atoms with E-state index in [1.165, 1.54) is 13.8 Å². The van der Waals surface area contributed by atoms with Gasteiger partial charge >= 0.3 is 0 Å². The van der Waals surface area contributed by atoms with Crippen molar-refractivity contribution in [3.05, 3.63) is 0 Å². The van der Waals surface area contributed by atoms with E-state index in [9.17, 15) is 71.5 Å². The van der Waals surface area contributed by atoms with Crippen molar-refractivity contribution in [2.24, 2.45) is 0 Å². The monoisotopic (exact) mass is 780 g/mol. The molecule has 0 unspecified atom stereocenters. The van der Waals surface area contributed by atoms with Gasteiger partial charge in [-0.05, 0) is 13.8 Å². The zero-order chi connectivity index (χ0) is 39.0. The zero-order valence-electron chi connectivity index (χ0n) is 28.6. The summed E-state index contributed by atoms with van der Waals surface area (Å²) in [7, 11) is 0. The Bertz CT molecular complexity index is 1140. The van der Waals surface area contributed by atoms with Crippen molar-refractivity contribution in [3.8, 4) is 0 Å². The van der Waals surface area contributed by atoms with E-state index in [-0.39, 0.29) is 6.42 Å². The molecule has 23 heteroatoms. The van der Waals surface area contributed by atoms with Crippen molar-refractivity contribution in [2.45, 2.75) is 168 Å². The number of rotatable bonds is 11. The number of hydrogen-bond donors (Lipinski definition) is 14. The van der Waals surface area contributed by atoms with Crippen molar-refractivity contribution in [2.75, 3.05) is 19.8 Å². The molecular weight excluding hydrogens is 728 g/mol. The molecule has 53 heavy (non-hydrogen) atoms. The van der Waals surface area contributed by atoms with Crippen LogP contribution in [-0.4, -0.2) is 239 Å². The number of aliphatic hydroxyl groups excluding tert-OH is 14. The normalized spacial score (nSPS) is 54.1. The summed E-state index contributed by atoms with van der Waals surface area (Å²) in [5.74, 6) is 0. The lowest BCUT2D eigenvalue weighted by atomic mass is 9.95. The first-order valence-electron chi connectivity index (χ1n) is 17.2. The van der Waals surface area contributed by atoms with Gasteiger partial charge in [-0.15, -0.1) is 0 Å². The molecular formula is C30H52O23. The van der Waals surface area contributed by atoms with Crippen LogP contribution in [0.1, 0.15) is 20.3 Å². The summed E-state index contributed by atoms with van der Waals surface area (Å²) < 4.78 is 50.6. The second kappa shape index (κ2) is 18.1. The Morgan fingerprint density at radius 3 is 1.36 bits per heavy atom. The van der Waals surface area contributed by atoms with E-state index in [4.69, 9.17) is 42.6 Å². The minimum absolute atomic E-state index is 0.143. The van der Waals surface area contributed by atoms with Crippen LogP contribution in [0.5, 0.6) is 0 Å². The van der Waals surface area contributed by atoms with E-state index in [0.29, 0.717) is 0 Å². The van der Waals surface area contributed by atoms with Crippen LogP contribution in [-0.2, 0) is 42.6 Å². The first-order valence-corrected chi connectivity index (χ1v) is 17.2. The molecule has 5 rings (SSSR count). The number of ether oxygens (including phenoxy) is 9. The fraction of sp³-hybridized carbons (Fsp3) is 1.00. The molecule has 5 fully saturated rings. The van der Waals surface area contributed by atoms with E-state index < -0.39 is 167 Å². The summed E-state index contributed by atoms with van der Waals surface area (Å²) in [4.78, 5) is 0. The Kier molecular flexibility index (Phi) is 14.8. The molecule has 14 N–H and O–H groups in total. The first kappa shape index (κ1) is 43.2. The van der Waals surface area contributed by atoms with Gasteiger partial charge in [0.05, 0.1) is 38.1 Å². The van der Waals surface area contributed by atoms with Crippen LogP contribution in [0.4, 0.5) is 0 Å². The standard InChI is InChI=1S/C30H52O23/c1-7-9(34)3-10(35)27(45-7)50-22-14(36)8(2)46-28(21(22)43)52-24-18(40)15(37)12(5-32)49-30(24)53-25-19(41)16(38)11(4-31)48-29(25)51-23-17(39)13(6-33)47-26(44)20(23)42/h7-44H,3-6H2,1-2H3/t7-,8+,9+,10-,11-,12-,13-,14+,15-,16-,17+,18+,19+,20-,21-,22-,23+,24+,25+,26-,27-,28-,29-,30-/m1/s1. The first-order chi connectivity index (χ1) is 25.0. The third kappa shape index (κ3) is 8.98. The van der Waals surface area contributed by atoms with Crippen LogP contribution >= 0.6 is 0 Å². The summed E-state index contributed by atoms with van der Waals surface area (Å²) >= 11 is 0. The molecule has 0 aromatic heterocycles. The maximum absolute atomic E-state index is 11.3. The van der Waals surface area contributed by atoms with E-state index in [2.05, 4.69) is 0 Å². The van der Waals surface area contributed by atoms with Crippen molar-refractivity contribution < 1.29 is 114 Å². The Hall–Kier alpha value is -0.920. The van der Waals surface area contributed by atoms with Gasteiger partial charge in [-0.25, -0.2) is 0 Å². The predicted octanol–water partition coefficient (Wildman–Crippen LogP) is -8.84. The molecule has 24 atom stereocenters. The summed E-state index contributed by atoms with van der Waals surface area (Å²) in [6.07, 6.45) is -40.4. The maximum atomic E-state index is 11.3. The highest BCUT2D eigenvalue weighted by atomic mass is 16.8. The highest BCUT2D eigenvalue weighted by molar-refractivity contribution is 4.98. The highest BCUT2D eigenvalue weighted by Gasteiger charge is 2.56. The average Bonchev–Trinajstić information content (AvgIpc) is 3.12. The molecule has 0 saturated carbocycles. The molecule has 0 aliphatic carbocycles. The zero-order valence-corrected chi connectivity index (χ0v) is 28.6. The summed E-state index contributed by atoms with van der Waals surface area (Å²) in [5, 5.41) is 147. The van der Waals surface area contributed by atoms with Gasteiger partial charge in [0.25, 0.3) is 0 Å². The molecule has 5 aliphatic rings. The van der Waals surface area contributed by atoms with Crippen molar-refractivity contribution in [3.63, 3.8) is 0 Å². The van der Waals surface area contributed by atoms with Gasteiger partial charge in [0, 0.05) is 6.42 Å². The number of aliphatic hydroxyl groups is 14. The number of hydrogen-bond acceptors (Lipinski definition) is 23. The third-order valence-corrected chi connectivity index (χ3v) is 10.1. The van der Waals surface area contributed by atoms with Crippen LogP contribution in [0.15, 0.2) is 0 Å². The quantitative estimate of drug-likeness (QED) is 0.0925. The van der Waals surface area contributed by atoms with Gasteiger partial charge in [0.2, 0.25) is 0 Å². The Balaban J connectivity index is 1.40. The average molecular weight is 781 g/mol. The predicted molar refractivity (Wildman–Crippen MR) is 162 cm³/mol. The topological polar surface area (TPSA) is 366 Å². The fourth-order valence-electron chi connectivity index (χ4n) is 6.80.